The number of fused-ring (bicyclic) bond motifs is 1. The number of hydrogen-bond acceptors (Lipinski definition) is 7. The van der Waals surface area contributed by atoms with E-state index < -0.39 is 10.0 Å². The first-order valence-corrected chi connectivity index (χ1v) is 13.2. The number of para-hydroxylation sites is 1. The molecule has 190 valence electrons. The van der Waals surface area contributed by atoms with E-state index >= 15 is 0 Å². The summed E-state index contributed by atoms with van der Waals surface area (Å²) >= 11 is 0. The number of anilines is 1. The molecule has 4 rings (SSSR count). The summed E-state index contributed by atoms with van der Waals surface area (Å²) in [5, 5.41) is 14.2. The number of benzene rings is 2. The summed E-state index contributed by atoms with van der Waals surface area (Å²) in [5.41, 5.74) is 1.29. The lowest BCUT2D eigenvalue weighted by molar-refractivity contribution is 0.306. The van der Waals surface area contributed by atoms with Crippen molar-refractivity contribution in [2.75, 3.05) is 24.1 Å². The molecule has 2 N–H and O–H groups in total. The smallest absolute Gasteiger partial charge is 0.277 e. The zero-order chi connectivity index (χ0) is 25.9. The van der Waals surface area contributed by atoms with E-state index in [1.807, 2.05) is 13.8 Å². The van der Waals surface area contributed by atoms with Crippen LogP contribution < -0.4 is 14.6 Å². The summed E-state index contributed by atoms with van der Waals surface area (Å²) in [4.78, 5) is 20.2. The normalized spacial score (nSPS) is 11.7. The molecule has 2 heterocycles. The maximum absolute atomic E-state index is 13.7. The minimum Gasteiger partial charge on any atom is -0.493 e. The van der Waals surface area contributed by atoms with Crippen LogP contribution in [0.15, 0.2) is 58.2 Å². The lowest BCUT2D eigenvalue weighted by Crippen LogP contribution is -2.33. The van der Waals surface area contributed by atoms with Crippen molar-refractivity contribution in [3.63, 3.8) is 0 Å². The van der Waals surface area contributed by atoms with Gasteiger partial charge in [0, 0.05) is 6.42 Å². The molecule has 0 saturated heterocycles. The number of nitrogens with one attached hydrogen (secondary N) is 1. The van der Waals surface area contributed by atoms with Crippen molar-refractivity contribution in [1.29, 1.82) is 0 Å². The molecule has 2 aromatic carbocycles. The maximum Gasteiger partial charge on any atom is 0.277 e. The lowest BCUT2D eigenvalue weighted by atomic mass is 10.2. The van der Waals surface area contributed by atoms with Crippen LogP contribution in [0.5, 0.6) is 5.75 Å². The van der Waals surface area contributed by atoms with Crippen molar-refractivity contribution in [3.8, 4) is 17.1 Å². The van der Waals surface area contributed by atoms with E-state index in [0.29, 0.717) is 47.1 Å². The van der Waals surface area contributed by atoms with Crippen LogP contribution >= 0.6 is 0 Å². The monoisotopic (exact) mass is 511 g/mol. The predicted octanol–water partition coefficient (Wildman–Crippen LogP) is 2.93. The Labute approximate surface area is 209 Å². The van der Waals surface area contributed by atoms with Crippen LogP contribution in [-0.4, -0.2) is 52.9 Å². The molecule has 0 saturated carbocycles. The predicted molar refractivity (Wildman–Crippen MR) is 137 cm³/mol. The van der Waals surface area contributed by atoms with Crippen molar-refractivity contribution in [2.24, 2.45) is 0 Å². The Bertz CT molecular complexity index is 1530. The van der Waals surface area contributed by atoms with Gasteiger partial charge in [0.2, 0.25) is 0 Å². The van der Waals surface area contributed by atoms with Gasteiger partial charge >= 0.3 is 0 Å². The second kappa shape index (κ2) is 10.5. The average molecular weight is 512 g/mol. The van der Waals surface area contributed by atoms with Gasteiger partial charge < -0.3 is 14.8 Å². The third-order valence-corrected chi connectivity index (χ3v) is 7.48. The zero-order valence-corrected chi connectivity index (χ0v) is 21.2. The standard InChI is InChI=1S/C25H29N5O5S/c1-4-9-22-26-17(3)23-25(32)27-24(28-30(22)23)20-16-19(12-13-21(20)35-5-2)36(33,34)29(14-15-31)18-10-7-6-8-11-18/h6-8,10-13,16,31H,4-5,9,14-15H2,1-3H3,(H,27,28,32). The summed E-state index contributed by atoms with van der Waals surface area (Å²) in [5.74, 6) is 1.19. The number of hydrogen-bond donors (Lipinski definition) is 2. The molecule has 36 heavy (non-hydrogen) atoms. The number of ether oxygens (including phenoxy) is 1. The van der Waals surface area contributed by atoms with E-state index in [1.54, 1.807) is 43.3 Å². The average Bonchev–Trinajstić information content (AvgIpc) is 3.19. The minimum absolute atomic E-state index is 0.0309. The number of aliphatic hydroxyl groups is 1. The number of nitrogens with zero attached hydrogens (tertiary/aromatic N) is 4. The molecule has 0 aliphatic heterocycles. The van der Waals surface area contributed by atoms with E-state index in [-0.39, 0.29) is 29.4 Å². The summed E-state index contributed by atoms with van der Waals surface area (Å²) in [6, 6.07) is 13.0. The van der Waals surface area contributed by atoms with E-state index in [9.17, 15) is 18.3 Å². The topological polar surface area (TPSA) is 130 Å². The molecule has 0 unspecified atom stereocenters. The third-order valence-electron chi connectivity index (χ3n) is 5.66. The van der Waals surface area contributed by atoms with Crippen LogP contribution in [0.25, 0.3) is 16.9 Å². The summed E-state index contributed by atoms with van der Waals surface area (Å²) in [6.45, 7) is 5.43. The number of aromatic nitrogens is 4. The van der Waals surface area contributed by atoms with Crippen LogP contribution in [-0.2, 0) is 16.4 Å². The number of aryl methyl sites for hydroxylation is 2. The molecular formula is C25H29N5O5S. The van der Waals surface area contributed by atoms with E-state index in [1.165, 1.54) is 16.6 Å². The van der Waals surface area contributed by atoms with E-state index in [0.717, 1.165) is 10.7 Å². The van der Waals surface area contributed by atoms with Crippen LogP contribution in [0.1, 0.15) is 31.8 Å². The van der Waals surface area contributed by atoms with Gasteiger partial charge in [0.15, 0.2) is 11.3 Å². The fraction of sp³-hybridized carbons (Fsp3) is 0.320. The molecule has 0 aliphatic rings. The SMILES string of the molecule is CCCc1nc(C)c2c(=O)[nH]c(-c3cc(S(=O)(=O)N(CCO)c4ccccc4)ccc3OCC)nn12. The number of sulfonamides is 1. The Hall–Kier alpha value is -3.70. The van der Waals surface area contributed by atoms with Crippen LogP contribution in [0.2, 0.25) is 0 Å². The second-order valence-electron chi connectivity index (χ2n) is 8.15. The number of aromatic amines is 1. The Balaban J connectivity index is 1.91. The second-order valence-corrected chi connectivity index (χ2v) is 10.0. The highest BCUT2D eigenvalue weighted by atomic mass is 32.2. The number of rotatable bonds is 10. The quantitative estimate of drug-likeness (QED) is 0.335. The molecule has 4 aromatic rings. The summed E-state index contributed by atoms with van der Waals surface area (Å²) in [6.07, 6.45) is 1.45. The van der Waals surface area contributed by atoms with Crippen LogP contribution in [0.4, 0.5) is 5.69 Å². The molecule has 0 amide bonds. The Kier molecular flexibility index (Phi) is 7.41. The van der Waals surface area contributed by atoms with Gasteiger partial charge in [-0.05, 0) is 50.6 Å². The zero-order valence-electron chi connectivity index (χ0n) is 20.4. The first-order chi connectivity index (χ1) is 17.3. The van der Waals surface area contributed by atoms with Gasteiger partial charge in [0.1, 0.15) is 11.6 Å². The lowest BCUT2D eigenvalue weighted by Gasteiger charge is -2.24. The highest BCUT2D eigenvalue weighted by Crippen LogP contribution is 2.32. The van der Waals surface area contributed by atoms with Gasteiger partial charge in [-0.3, -0.25) is 9.10 Å². The summed E-state index contributed by atoms with van der Waals surface area (Å²) < 4.78 is 35.7. The van der Waals surface area contributed by atoms with E-state index in [4.69, 9.17) is 4.74 Å². The van der Waals surface area contributed by atoms with Crippen molar-refractivity contribution in [2.45, 2.75) is 38.5 Å². The van der Waals surface area contributed by atoms with Gasteiger partial charge in [-0.25, -0.2) is 17.9 Å². The fourth-order valence-electron chi connectivity index (χ4n) is 4.08. The molecule has 0 bridgehead atoms. The third kappa shape index (κ3) is 4.71. The molecule has 0 atom stereocenters. The molecule has 2 aromatic heterocycles. The van der Waals surface area contributed by atoms with Crippen LogP contribution in [0, 0.1) is 6.92 Å². The van der Waals surface area contributed by atoms with Crippen molar-refractivity contribution in [3.05, 3.63) is 70.4 Å². The molecule has 0 spiro atoms. The first kappa shape index (κ1) is 25.4. The van der Waals surface area contributed by atoms with Gasteiger partial charge in [-0.1, -0.05) is 25.1 Å². The number of imidazole rings is 1. The van der Waals surface area contributed by atoms with Crippen molar-refractivity contribution >= 4 is 21.2 Å². The van der Waals surface area contributed by atoms with Gasteiger partial charge in [0.05, 0.1) is 41.6 Å². The summed E-state index contributed by atoms with van der Waals surface area (Å²) in [7, 11) is -4.06. The molecule has 0 radical (unpaired) electrons. The Morgan fingerprint density at radius 2 is 1.89 bits per heavy atom. The highest BCUT2D eigenvalue weighted by molar-refractivity contribution is 7.92. The van der Waals surface area contributed by atoms with Crippen molar-refractivity contribution in [1.82, 2.24) is 19.6 Å². The van der Waals surface area contributed by atoms with Gasteiger partial charge in [-0.15, -0.1) is 5.10 Å². The van der Waals surface area contributed by atoms with Gasteiger partial charge in [0.25, 0.3) is 15.6 Å². The molecule has 0 fully saturated rings. The number of aliphatic hydroxyl groups excluding tert-OH is 1. The molecule has 0 aliphatic carbocycles. The fourth-order valence-corrected chi connectivity index (χ4v) is 5.56. The Morgan fingerprint density at radius 3 is 2.56 bits per heavy atom. The Morgan fingerprint density at radius 1 is 1.14 bits per heavy atom. The number of H-pyrrole nitrogens is 1. The highest BCUT2D eigenvalue weighted by Gasteiger charge is 2.27. The maximum atomic E-state index is 13.7. The molecular weight excluding hydrogens is 482 g/mol. The minimum atomic E-state index is -4.06. The van der Waals surface area contributed by atoms with Crippen molar-refractivity contribution < 1.29 is 18.3 Å². The first-order valence-electron chi connectivity index (χ1n) is 11.8. The van der Waals surface area contributed by atoms with E-state index in [2.05, 4.69) is 15.1 Å². The van der Waals surface area contributed by atoms with Gasteiger partial charge in [-0.2, -0.15) is 0 Å². The van der Waals surface area contributed by atoms with Crippen LogP contribution in [0.3, 0.4) is 0 Å². The molecule has 11 heteroatoms. The molecule has 10 nitrogen and oxygen atoms in total. The largest absolute Gasteiger partial charge is 0.493 e.